The third kappa shape index (κ3) is 8.76. The molecule has 0 aliphatic rings. The van der Waals surface area contributed by atoms with Crippen LogP contribution in [0.3, 0.4) is 0 Å². The van der Waals surface area contributed by atoms with Crippen molar-refractivity contribution in [3.8, 4) is 11.9 Å². The molecule has 0 aromatic heterocycles. The van der Waals surface area contributed by atoms with Crippen molar-refractivity contribution < 1.29 is 23.8 Å². The van der Waals surface area contributed by atoms with Crippen LogP contribution in [0.4, 0.5) is 4.39 Å². The van der Waals surface area contributed by atoms with Crippen molar-refractivity contribution in [2.45, 2.75) is 44.4 Å². The van der Waals surface area contributed by atoms with Gasteiger partial charge in [0, 0.05) is 19.7 Å². The van der Waals surface area contributed by atoms with Gasteiger partial charge in [0.1, 0.15) is 29.9 Å². The Bertz CT molecular complexity index is 723. The number of hydrogen-bond acceptors (Lipinski definition) is 6. The molecule has 2 unspecified atom stereocenters. The van der Waals surface area contributed by atoms with Gasteiger partial charge in [-0.05, 0) is 38.8 Å². The van der Waals surface area contributed by atoms with E-state index in [0.29, 0.717) is 19.4 Å². The molecule has 0 aliphatic carbocycles. The molecule has 29 heavy (non-hydrogen) atoms. The van der Waals surface area contributed by atoms with Gasteiger partial charge in [-0.3, -0.25) is 15.5 Å². The minimum atomic E-state index is -1.08. The summed E-state index contributed by atoms with van der Waals surface area (Å²) in [5.74, 6) is -0.725. The molecule has 160 valence electrons. The Morgan fingerprint density at radius 3 is 2.79 bits per heavy atom. The van der Waals surface area contributed by atoms with E-state index in [4.69, 9.17) is 20.1 Å². The smallest absolute Gasteiger partial charge is 0.251 e. The molecule has 0 radical (unpaired) electrons. The van der Waals surface area contributed by atoms with Gasteiger partial charge in [-0.1, -0.05) is 6.07 Å². The van der Waals surface area contributed by atoms with Crippen molar-refractivity contribution >= 4 is 11.9 Å². The van der Waals surface area contributed by atoms with Gasteiger partial charge >= 0.3 is 0 Å². The van der Waals surface area contributed by atoms with Gasteiger partial charge in [0.25, 0.3) is 5.91 Å². The van der Waals surface area contributed by atoms with Crippen molar-refractivity contribution in [3.63, 3.8) is 0 Å². The molecular formula is C19H28FN5O4. The Balaban J connectivity index is 2.68. The lowest BCUT2D eigenvalue weighted by Gasteiger charge is -2.29. The second-order valence-corrected chi connectivity index (χ2v) is 6.81. The number of methoxy groups -OCH3 is 1. The first-order valence-corrected chi connectivity index (χ1v) is 9.09. The van der Waals surface area contributed by atoms with Crippen LogP contribution in [0.25, 0.3) is 0 Å². The number of rotatable bonds is 11. The molecule has 0 spiro atoms. The summed E-state index contributed by atoms with van der Waals surface area (Å²) in [6.07, 6.45) is 1.42. The van der Waals surface area contributed by atoms with Crippen LogP contribution in [0.5, 0.6) is 5.75 Å². The normalized spacial score (nSPS) is 13.0. The molecule has 1 aromatic carbocycles. The van der Waals surface area contributed by atoms with Crippen molar-refractivity contribution in [2.75, 3.05) is 20.3 Å². The van der Waals surface area contributed by atoms with Gasteiger partial charge in [-0.25, -0.2) is 4.39 Å². The van der Waals surface area contributed by atoms with E-state index >= 15 is 0 Å². The number of amides is 1. The van der Waals surface area contributed by atoms with E-state index in [2.05, 4.69) is 16.0 Å². The number of carbonyl (C=O) groups excluding carboxylic acids is 1. The highest BCUT2D eigenvalue weighted by Gasteiger charge is 2.31. The summed E-state index contributed by atoms with van der Waals surface area (Å²) in [4.78, 5) is 12.4. The van der Waals surface area contributed by atoms with Gasteiger partial charge in [0.15, 0.2) is 6.19 Å². The summed E-state index contributed by atoms with van der Waals surface area (Å²) in [5.41, 5.74) is -1.08. The van der Waals surface area contributed by atoms with Gasteiger partial charge in [-0.15, -0.1) is 0 Å². The first kappa shape index (κ1) is 24.1. The zero-order valence-electron chi connectivity index (χ0n) is 16.8. The number of nitrogens with zero attached hydrogens (tertiary/aromatic N) is 1. The third-order valence-corrected chi connectivity index (χ3v) is 4.23. The number of halogens is 1. The highest BCUT2D eigenvalue weighted by Crippen LogP contribution is 2.14. The molecular weight excluding hydrogens is 381 g/mol. The maximum absolute atomic E-state index is 13.3. The van der Waals surface area contributed by atoms with Crippen LogP contribution in [0, 0.1) is 22.7 Å². The number of nitrogens with one attached hydrogen (secondary N) is 4. The van der Waals surface area contributed by atoms with Crippen LogP contribution < -0.4 is 20.7 Å². The zero-order valence-corrected chi connectivity index (χ0v) is 16.8. The Kier molecular flexibility index (Phi) is 9.85. The Labute approximate surface area is 169 Å². The van der Waals surface area contributed by atoms with E-state index in [1.54, 1.807) is 26.1 Å². The maximum atomic E-state index is 13.3. The fraction of sp³-hybridized carbons (Fsp3) is 0.526. The summed E-state index contributed by atoms with van der Waals surface area (Å²) in [6, 6.07) is 4.88. The molecule has 9 nitrogen and oxygen atoms in total. The lowest BCUT2D eigenvalue weighted by atomic mass is 10.0. The quantitative estimate of drug-likeness (QED) is 0.120. The molecule has 10 heteroatoms. The number of aliphatic hydroxyl groups excluding tert-OH is 1. The summed E-state index contributed by atoms with van der Waals surface area (Å²) >= 11 is 0. The summed E-state index contributed by atoms with van der Waals surface area (Å²) in [7, 11) is 1.41. The molecule has 1 rings (SSSR count). The molecule has 1 aromatic rings. The van der Waals surface area contributed by atoms with Gasteiger partial charge < -0.3 is 25.2 Å². The monoisotopic (exact) mass is 409 g/mol. The highest BCUT2D eigenvalue weighted by molar-refractivity contribution is 5.84. The number of ether oxygens (including phenoxy) is 2. The summed E-state index contributed by atoms with van der Waals surface area (Å²) in [5, 5.41) is 34.0. The number of guanidine groups is 1. The van der Waals surface area contributed by atoms with E-state index in [1.807, 2.05) is 0 Å². The van der Waals surface area contributed by atoms with Crippen molar-refractivity contribution in [1.82, 2.24) is 16.0 Å². The molecule has 2 atom stereocenters. The molecule has 0 bridgehead atoms. The second-order valence-electron chi connectivity index (χ2n) is 6.81. The van der Waals surface area contributed by atoms with Crippen LogP contribution >= 0.6 is 0 Å². The largest absolute Gasteiger partial charge is 0.491 e. The minimum Gasteiger partial charge on any atom is -0.491 e. The second kappa shape index (κ2) is 11.8. The number of benzene rings is 1. The fourth-order valence-corrected chi connectivity index (χ4v) is 2.29. The average molecular weight is 409 g/mol. The predicted octanol–water partition coefficient (Wildman–Crippen LogP) is 0.850. The molecule has 0 fully saturated rings. The number of hydrogen-bond donors (Lipinski definition) is 5. The topological polar surface area (TPSA) is 139 Å². The van der Waals surface area contributed by atoms with Crippen molar-refractivity contribution in [3.05, 3.63) is 30.1 Å². The highest BCUT2D eigenvalue weighted by atomic mass is 19.1. The van der Waals surface area contributed by atoms with E-state index in [1.165, 1.54) is 25.3 Å². The third-order valence-electron chi connectivity index (χ3n) is 4.23. The first-order valence-electron chi connectivity index (χ1n) is 9.09. The van der Waals surface area contributed by atoms with E-state index < -0.39 is 29.5 Å². The SMILES string of the molecule is COC(C)(C)C(=O)NC(CCCNC(=N)NC#N)C(O)COc1cccc(F)c1. The van der Waals surface area contributed by atoms with Gasteiger partial charge in [-0.2, -0.15) is 5.26 Å². The van der Waals surface area contributed by atoms with Crippen LogP contribution in [0.1, 0.15) is 26.7 Å². The Hall–Kier alpha value is -2.90. The van der Waals surface area contributed by atoms with Gasteiger partial charge in [0.2, 0.25) is 5.96 Å². The standard InChI is InChI=1S/C19H28FN5O4/c1-19(2,28-3)17(27)25-15(8-5-9-23-18(22)24-12-21)16(26)11-29-14-7-4-6-13(20)10-14/h4,6-7,10,15-16,26H,5,8-9,11H2,1-3H3,(H,25,27)(H3,22,23,24). The lowest BCUT2D eigenvalue weighted by Crippen LogP contribution is -2.53. The minimum absolute atomic E-state index is 0.136. The molecule has 0 saturated heterocycles. The average Bonchev–Trinajstić information content (AvgIpc) is 2.68. The van der Waals surface area contributed by atoms with E-state index in [9.17, 15) is 14.3 Å². The van der Waals surface area contributed by atoms with Gasteiger partial charge in [0.05, 0.1) is 6.04 Å². The fourth-order valence-electron chi connectivity index (χ4n) is 2.29. The zero-order chi connectivity index (χ0) is 21.9. The van der Waals surface area contributed by atoms with E-state index in [0.717, 1.165) is 0 Å². The Morgan fingerprint density at radius 2 is 2.17 bits per heavy atom. The predicted molar refractivity (Wildman–Crippen MR) is 105 cm³/mol. The summed E-state index contributed by atoms with van der Waals surface area (Å²) < 4.78 is 23.8. The molecule has 0 aliphatic heterocycles. The van der Waals surface area contributed by atoms with Crippen molar-refractivity contribution in [2.24, 2.45) is 0 Å². The van der Waals surface area contributed by atoms with Crippen LogP contribution in [-0.2, 0) is 9.53 Å². The van der Waals surface area contributed by atoms with Crippen LogP contribution in [0.2, 0.25) is 0 Å². The van der Waals surface area contributed by atoms with Crippen LogP contribution in [0.15, 0.2) is 24.3 Å². The number of carbonyl (C=O) groups is 1. The first-order chi connectivity index (χ1) is 13.7. The molecule has 1 amide bonds. The molecule has 0 heterocycles. The van der Waals surface area contributed by atoms with E-state index in [-0.39, 0.29) is 18.3 Å². The Morgan fingerprint density at radius 1 is 1.45 bits per heavy atom. The van der Waals surface area contributed by atoms with Crippen LogP contribution in [-0.4, -0.2) is 55.0 Å². The molecule has 0 saturated carbocycles. The van der Waals surface area contributed by atoms with Crippen molar-refractivity contribution in [1.29, 1.82) is 10.7 Å². The maximum Gasteiger partial charge on any atom is 0.251 e. The summed E-state index contributed by atoms with van der Waals surface area (Å²) in [6.45, 7) is 3.41. The number of nitriles is 1. The number of aliphatic hydroxyl groups is 1. The molecule has 5 N–H and O–H groups in total. The lowest BCUT2D eigenvalue weighted by molar-refractivity contribution is -0.141.